The monoisotopic (exact) mass is 343 g/mol. The number of carbonyl (C=O) groups is 2. The predicted molar refractivity (Wildman–Crippen MR) is 93.5 cm³/mol. The zero-order valence-electron chi connectivity index (χ0n) is 15.4. The van der Waals surface area contributed by atoms with E-state index in [1.54, 1.807) is 4.90 Å². The molecule has 7 heteroatoms. The van der Waals surface area contributed by atoms with Crippen LogP contribution in [0.2, 0.25) is 0 Å². The molecule has 0 spiro atoms. The molecule has 2 amide bonds. The van der Waals surface area contributed by atoms with Gasteiger partial charge in [0.1, 0.15) is 0 Å². The van der Waals surface area contributed by atoms with E-state index in [2.05, 4.69) is 38.3 Å². The van der Waals surface area contributed by atoms with Crippen molar-refractivity contribution < 1.29 is 19.8 Å². The lowest BCUT2D eigenvalue weighted by molar-refractivity contribution is 0.0618. The maximum atomic E-state index is 11.7. The summed E-state index contributed by atoms with van der Waals surface area (Å²) >= 11 is 0. The van der Waals surface area contributed by atoms with Crippen molar-refractivity contribution in [2.75, 3.05) is 13.1 Å². The van der Waals surface area contributed by atoms with Gasteiger partial charge < -0.3 is 25.7 Å². The van der Waals surface area contributed by atoms with Gasteiger partial charge >= 0.3 is 12.2 Å². The van der Waals surface area contributed by atoms with Gasteiger partial charge in [-0.05, 0) is 53.4 Å². The number of nitrogens with zero attached hydrogens (tertiary/aromatic N) is 1. The van der Waals surface area contributed by atoms with E-state index >= 15 is 0 Å². The fraction of sp³-hybridized carbons (Fsp3) is 0.882. The van der Waals surface area contributed by atoms with Gasteiger partial charge in [0.15, 0.2) is 0 Å². The van der Waals surface area contributed by atoms with Crippen molar-refractivity contribution >= 4 is 12.2 Å². The first-order valence-electron chi connectivity index (χ1n) is 8.78. The quantitative estimate of drug-likeness (QED) is 0.507. The average molecular weight is 343 g/mol. The highest BCUT2D eigenvalue weighted by molar-refractivity contribution is 5.65. The third kappa shape index (κ3) is 7.38. The number of carboxylic acid groups (broad SMARTS) is 2. The lowest BCUT2D eigenvalue weighted by Gasteiger charge is -2.49. The van der Waals surface area contributed by atoms with Crippen molar-refractivity contribution in [3.63, 3.8) is 0 Å². The summed E-state index contributed by atoms with van der Waals surface area (Å²) in [6, 6.07) is 0.0300. The molecule has 1 rings (SSSR count). The van der Waals surface area contributed by atoms with Crippen LogP contribution < -0.4 is 10.6 Å². The molecule has 0 bridgehead atoms. The van der Waals surface area contributed by atoms with Gasteiger partial charge in [0.2, 0.25) is 0 Å². The van der Waals surface area contributed by atoms with Gasteiger partial charge in [0.05, 0.1) is 0 Å². The molecule has 1 fully saturated rings. The first-order valence-corrected chi connectivity index (χ1v) is 8.78. The molecular formula is C17H33N3O4. The van der Waals surface area contributed by atoms with E-state index < -0.39 is 12.2 Å². The van der Waals surface area contributed by atoms with Crippen LogP contribution >= 0.6 is 0 Å². The minimum absolute atomic E-state index is 0.0300. The minimum atomic E-state index is -0.997. The number of nitrogens with one attached hydrogen (secondary N) is 2. The van der Waals surface area contributed by atoms with Crippen LogP contribution in [0.4, 0.5) is 9.59 Å². The highest BCUT2D eigenvalue weighted by atomic mass is 16.4. The Balaban J connectivity index is 2.44. The largest absolute Gasteiger partial charge is 0.465 e. The number of unbranched alkanes of at least 4 members (excludes halogenated alkanes) is 3. The highest BCUT2D eigenvalue weighted by Gasteiger charge is 2.41. The maximum absolute atomic E-state index is 11.7. The average Bonchev–Trinajstić information content (AvgIpc) is 2.37. The number of rotatable bonds is 8. The molecule has 0 unspecified atom stereocenters. The van der Waals surface area contributed by atoms with Crippen LogP contribution in [-0.4, -0.2) is 57.5 Å². The smallest absolute Gasteiger partial charge is 0.407 e. The molecule has 0 aromatic carbocycles. The van der Waals surface area contributed by atoms with Crippen molar-refractivity contribution in [3.8, 4) is 0 Å². The van der Waals surface area contributed by atoms with Gasteiger partial charge in [-0.15, -0.1) is 0 Å². The Labute approximate surface area is 144 Å². The summed E-state index contributed by atoms with van der Waals surface area (Å²) in [5.74, 6) is 0. The molecule has 0 atom stereocenters. The van der Waals surface area contributed by atoms with Crippen LogP contribution in [0, 0.1) is 0 Å². The molecule has 1 aliphatic heterocycles. The topological polar surface area (TPSA) is 102 Å². The summed E-state index contributed by atoms with van der Waals surface area (Å²) < 4.78 is 0. The lowest BCUT2D eigenvalue weighted by atomic mass is 9.79. The van der Waals surface area contributed by atoms with Crippen molar-refractivity contribution in [1.82, 2.24) is 15.5 Å². The Kier molecular flexibility index (Phi) is 7.32. The summed E-state index contributed by atoms with van der Waals surface area (Å²) in [5.41, 5.74) is -0.161. The van der Waals surface area contributed by atoms with Crippen LogP contribution in [0.1, 0.15) is 66.2 Å². The zero-order chi connectivity index (χ0) is 18.4. The molecule has 0 radical (unpaired) electrons. The Hall–Kier alpha value is -1.50. The van der Waals surface area contributed by atoms with Crippen LogP contribution in [-0.2, 0) is 0 Å². The van der Waals surface area contributed by atoms with Gasteiger partial charge in [0, 0.05) is 30.2 Å². The molecule has 1 saturated heterocycles. The van der Waals surface area contributed by atoms with Gasteiger partial charge in [-0.3, -0.25) is 0 Å². The number of piperidine rings is 1. The molecule has 0 aliphatic carbocycles. The van der Waals surface area contributed by atoms with E-state index in [1.165, 1.54) is 0 Å². The fourth-order valence-corrected chi connectivity index (χ4v) is 3.88. The van der Waals surface area contributed by atoms with Crippen molar-refractivity contribution in [2.45, 2.75) is 83.3 Å². The Morgan fingerprint density at radius 3 is 2.08 bits per heavy atom. The van der Waals surface area contributed by atoms with Crippen LogP contribution in [0.3, 0.4) is 0 Å². The molecule has 0 aromatic heterocycles. The summed E-state index contributed by atoms with van der Waals surface area (Å²) in [5, 5.41) is 24.0. The second-order valence-electron chi connectivity index (χ2n) is 8.08. The molecule has 7 nitrogen and oxygen atoms in total. The SMILES string of the molecule is CC1(C)CC(N(CCCCCCNC(=O)O)C(=O)O)CC(C)(C)N1. The lowest BCUT2D eigenvalue weighted by Crippen LogP contribution is -2.62. The number of hydrogen-bond acceptors (Lipinski definition) is 3. The molecule has 24 heavy (non-hydrogen) atoms. The van der Waals surface area contributed by atoms with Crippen LogP contribution in [0.15, 0.2) is 0 Å². The Bertz CT molecular complexity index is 422. The van der Waals surface area contributed by atoms with Gasteiger partial charge in [-0.2, -0.15) is 0 Å². The zero-order valence-corrected chi connectivity index (χ0v) is 15.4. The number of amides is 2. The number of hydrogen-bond donors (Lipinski definition) is 4. The Morgan fingerprint density at radius 1 is 1.04 bits per heavy atom. The molecular weight excluding hydrogens is 310 g/mol. The van der Waals surface area contributed by atoms with E-state index in [1.807, 2.05) is 0 Å². The second kappa shape index (κ2) is 8.55. The van der Waals surface area contributed by atoms with Crippen molar-refractivity contribution in [1.29, 1.82) is 0 Å². The van der Waals surface area contributed by atoms with E-state index in [-0.39, 0.29) is 17.1 Å². The summed E-state index contributed by atoms with van der Waals surface area (Å²) in [6.45, 7) is 9.48. The van der Waals surface area contributed by atoms with Crippen molar-refractivity contribution in [2.24, 2.45) is 0 Å². The van der Waals surface area contributed by atoms with E-state index in [0.717, 1.165) is 38.5 Å². The van der Waals surface area contributed by atoms with E-state index in [4.69, 9.17) is 5.11 Å². The van der Waals surface area contributed by atoms with E-state index in [9.17, 15) is 14.7 Å². The molecule has 4 N–H and O–H groups in total. The van der Waals surface area contributed by atoms with Gasteiger partial charge in [-0.1, -0.05) is 12.8 Å². The van der Waals surface area contributed by atoms with E-state index in [0.29, 0.717) is 13.1 Å². The molecule has 1 aliphatic rings. The fourth-order valence-electron chi connectivity index (χ4n) is 3.88. The highest BCUT2D eigenvalue weighted by Crippen LogP contribution is 2.31. The normalized spacial score (nSPS) is 19.7. The minimum Gasteiger partial charge on any atom is -0.465 e. The standard InChI is InChI=1S/C17H33N3O4/c1-16(2)11-13(12-17(3,4)19-16)20(15(23)24)10-8-6-5-7-9-18-14(21)22/h13,18-19H,5-12H2,1-4H3,(H,21,22)(H,23,24). The summed E-state index contributed by atoms with van der Waals surface area (Å²) in [4.78, 5) is 23.6. The second-order valence-corrected chi connectivity index (χ2v) is 8.08. The molecule has 140 valence electrons. The maximum Gasteiger partial charge on any atom is 0.407 e. The molecule has 0 saturated carbocycles. The molecule has 1 heterocycles. The van der Waals surface area contributed by atoms with Gasteiger partial charge in [0.25, 0.3) is 0 Å². The first-order chi connectivity index (χ1) is 11.0. The van der Waals surface area contributed by atoms with Crippen LogP contribution in [0.25, 0.3) is 0 Å². The predicted octanol–water partition coefficient (Wildman–Crippen LogP) is 3.10. The first kappa shape index (κ1) is 20.5. The summed E-state index contributed by atoms with van der Waals surface area (Å²) in [6.07, 6.45) is 3.18. The third-order valence-corrected chi connectivity index (χ3v) is 4.46. The third-order valence-electron chi connectivity index (χ3n) is 4.46. The van der Waals surface area contributed by atoms with Gasteiger partial charge in [-0.25, -0.2) is 9.59 Å². The summed E-state index contributed by atoms with van der Waals surface area (Å²) in [7, 11) is 0. The molecule has 0 aromatic rings. The van der Waals surface area contributed by atoms with Crippen LogP contribution in [0.5, 0.6) is 0 Å². The van der Waals surface area contributed by atoms with Crippen molar-refractivity contribution in [3.05, 3.63) is 0 Å². The Morgan fingerprint density at radius 2 is 1.58 bits per heavy atom.